The van der Waals surface area contributed by atoms with E-state index in [1.165, 1.54) is 0 Å². The summed E-state index contributed by atoms with van der Waals surface area (Å²) in [7, 11) is -3.04. The van der Waals surface area contributed by atoms with Gasteiger partial charge in [-0.1, -0.05) is 6.92 Å². The standard InChI is InChI=1S/C12H24N4O7S/c1-3-9(13-2)8-22-14-11(17)10-6-4-5-7-16(10)12(18)15-23-24(19,20)21/h9-10,13H,3-8H2,1-2H3,(H,14,17)(H,15,18)(H,19,20,21)/t9?,10-/m0/s1. The van der Waals surface area contributed by atoms with Gasteiger partial charge >= 0.3 is 16.4 Å². The molecule has 0 radical (unpaired) electrons. The fourth-order valence-electron chi connectivity index (χ4n) is 2.28. The van der Waals surface area contributed by atoms with Gasteiger partial charge in [0.15, 0.2) is 0 Å². The molecular weight excluding hydrogens is 344 g/mol. The zero-order chi connectivity index (χ0) is 18.2. The molecule has 12 heteroatoms. The van der Waals surface area contributed by atoms with E-state index in [9.17, 15) is 18.0 Å². The number of likely N-dealkylation sites (N-methyl/N-ethyl adjacent to an activating group) is 1. The second kappa shape index (κ2) is 9.74. The summed E-state index contributed by atoms with van der Waals surface area (Å²) in [6.45, 7) is 2.48. The van der Waals surface area contributed by atoms with Crippen molar-refractivity contribution in [3.63, 3.8) is 0 Å². The van der Waals surface area contributed by atoms with Crippen LogP contribution in [-0.2, 0) is 24.3 Å². The summed E-state index contributed by atoms with van der Waals surface area (Å²) in [6, 6.07) is -1.67. The monoisotopic (exact) mass is 368 g/mol. The van der Waals surface area contributed by atoms with Crippen molar-refractivity contribution in [3.8, 4) is 0 Å². The maximum atomic E-state index is 12.2. The molecule has 24 heavy (non-hydrogen) atoms. The van der Waals surface area contributed by atoms with Crippen LogP contribution >= 0.6 is 0 Å². The van der Waals surface area contributed by atoms with E-state index in [4.69, 9.17) is 9.39 Å². The molecule has 0 aliphatic carbocycles. The smallest absolute Gasteiger partial charge is 0.315 e. The van der Waals surface area contributed by atoms with E-state index >= 15 is 0 Å². The van der Waals surface area contributed by atoms with Gasteiger partial charge in [0.2, 0.25) is 0 Å². The average molecular weight is 368 g/mol. The Morgan fingerprint density at radius 3 is 2.62 bits per heavy atom. The van der Waals surface area contributed by atoms with Gasteiger partial charge in [-0.15, -0.1) is 4.28 Å². The van der Waals surface area contributed by atoms with E-state index < -0.39 is 28.4 Å². The second-order valence-corrected chi connectivity index (χ2v) is 6.32. The fourth-order valence-corrected chi connectivity index (χ4v) is 2.46. The first kappa shape index (κ1) is 20.6. The van der Waals surface area contributed by atoms with Crippen molar-refractivity contribution in [2.45, 2.75) is 44.7 Å². The topological polar surface area (TPSA) is 146 Å². The van der Waals surface area contributed by atoms with Crippen LogP contribution in [0, 0.1) is 0 Å². The Hall–Kier alpha value is -1.47. The molecule has 0 spiro atoms. The molecule has 3 amide bonds. The predicted molar refractivity (Wildman–Crippen MR) is 82.7 cm³/mol. The normalized spacial score (nSPS) is 19.6. The maximum absolute atomic E-state index is 12.2. The quantitative estimate of drug-likeness (QED) is 0.326. The highest BCUT2D eigenvalue weighted by Gasteiger charge is 2.33. The third-order valence-corrected chi connectivity index (χ3v) is 3.95. The van der Waals surface area contributed by atoms with Crippen molar-refractivity contribution in [1.29, 1.82) is 0 Å². The molecule has 0 aromatic rings. The van der Waals surface area contributed by atoms with E-state index in [1.807, 2.05) is 6.92 Å². The van der Waals surface area contributed by atoms with Crippen molar-refractivity contribution >= 4 is 22.3 Å². The van der Waals surface area contributed by atoms with Gasteiger partial charge in [0.05, 0.1) is 6.61 Å². The Morgan fingerprint density at radius 2 is 2.04 bits per heavy atom. The van der Waals surface area contributed by atoms with Gasteiger partial charge in [0.25, 0.3) is 5.91 Å². The zero-order valence-corrected chi connectivity index (χ0v) is 14.5. The molecule has 0 saturated carbocycles. The van der Waals surface area contributed by atoms with E-state index in [0.717, 1.165) is 17.7 Å². The minimum Gasteiger partial charge on any atom is -0.315 e. The molecule has 0 bridgehead atoms. The van der Waals surface area contributed by atoms with Crippen molar-refractivity contribution < 1.29 is 31.7 Å². The highest BCUT2D eigenvalue weighted by Crippen LogP contribution is 2.17. The SMILES string of the molecule is CCC(CONC(=O)[C@@H]1CCCCN1C(=O)NOS(=O)(=O)O)NC. The number of carbonyl (C=O) groups excluding carboxylic acids is 2. The average Bonchev–Trinajstić information content (AvgIpc) is 2.55. The van der Waals surface area contributed by atoms with Gasteiger partial charge in [0, 0.05) is 12.6 Å². The van der Waals surface area contributed by atoms with Gasteiger partial charge < -0.3 is 10.2 Å². The van der Waals surface area contributed by atoms with E-state index in [-0.39, 0.29) is 19.2 Å². The van der Waals surface area contributed by atoms with Crippen LogP contribution in [-0.4, -0.2) is 62.1 Å². The summed E-state index contributed by atoms with van der Waals surface area (Å²) in [5, 5.41) is 3.01. The molecule has 1 heterocycles. The number of nitrogens with one attached hydrogen (secondary N) is 3. The molecule has 2 atom stereocenters. The van der Waals surface area contributed by atoms with Crippen LogP contribution in [0.1, 0.15) is 32.6 Å². The number of carbonyl (C=O) groups is 2. The first-order valence-corrected chi connectivity index (χ1v) is 8.96. The predicted octanol–water partition coefficient (Wildman–Crippen LogP) is -0.669. The van der Waals surface area contributed by atoms with Gasteiger partial charge in [-0.05, 0) is 32.7 Å². The summed E-state index contributed by atoms with van der Waals surface area (Å²) in [5.41, 5.74) is 3.89. The Bertz CT molecular complexity index is 523. The summed E-state index contributed by atoms with van der Waals surface area (Å²) in [5.74, 6) is -0.511. The number of hydroxylamine groups is 2. The van der Waals surface area contributed by atoms with Crippen molar-refractivity contribution in [3.05, 3.63) is 0 Å². The number of hydrogen-bond acceptors (Lipinski definition) is 7. The van der Waals surface area contributed by atoms with Crippen LogP contribution in [0.2, 0.25) is 0 Å². The first-order chi connectivity index (χ1) is 11.3. The maximum Gasteiger partial charge on any atom is 0.418 e. The zero-order valence-electron chi connectivity index (χ0n) is 13.6. The number of nitrogens with zero attached hydrogens (tertiary/aromatic N) is 1. The van der Waals surface area contributed by atoms with Crippen LogP contribution in [0.25, 0.3) is 0 Å². The van der Waals surface area contributed by atoms with Crippen LogP contribution in [0.15, 0.2) is 0 Å². The van der Waals surface area contributed by atoms with E-state index in [2.05, 4.69) is 15.1 Å². The van der Waals surface area contributed by atoms with E-state index in [0.29, 0.717) is 12.8 Å². The molecule has 0 aromatic carbocycles. The van der Waals surface area contributed by atoms with Crippen molar-refractivity contribution in [1.82, 2.24) is 21.2 Å². The Morgan fingerprint density at radius 1 is 1.33 bits per heavy atom. The molecule has 1 rings (SSSR count). The number of urea groups is 1. The van der Waals surface area contributed by atoms with Gasteiger partial charge in [0.1, 0.15) is 6.04 Å². The minimum absolute atomic E-state index is 0.0826. The lowest BCUT2D eigenvalue weighted by molar-refractivity contribution is -0.140. The fraction of sp³-hybridized carbons (Fsp3) is 0.833. The molecule has 1 unspecified atom stereocenters. The lowest BCUT2D eigenvalue weighted by Crippen LogP contribution is -2.55. The summed E-state index contributed by atoms with van der Waals surface area (Å²) >= 11 is 0. The molecule has 4 N–H and O–H groups in total. The molecule has 0 aromatic heterocycles. The first-order valence-electron chi connectivity index (χ1n) is 7.59. The van der Waals surface area contributed by atoms with Crippen molar-refractivity contribution in [2.75, 3.05) is 20.2 Å². The molecule has 140 valence electrons. The molecule has 1 fully saturated rings. The van der Waals surface area contributed by atoms with Gasteiger partial charge in [-0.3, -0.25) is 14.2 Å². The molecular formula is C12H24N4O7S. The molecule has 11 nitrogen and oxygen atoms in total. The van der Waals surface area contributed by atoms with Crippen LogP contribution in [0.3, 0.4) is 0 Å². The highest BCUT2D eigenvalue weighted by atomic mass is 32.3. The van der Waals surface area contributed by atoms with Crippen LogP contribution in [0.5, 0.6) is 0 Å². The van der Waals surface area contributed by atoms with Crippen molar-refractivity contribution in [2.24, 2.45) is 0 Å². The van der Waals surface area contributed by atoms with Gasteiger partial charge in [-0.2, -0.15) is 13.9 Å². The second-order valence-electron chi connectivity index (χ2n) is 5.29. The minimum atomic E-state index is -4.82. The van der Waals surface area contributed by atoms with E-state index in [1.54, 1.807) is 12.5 Å². The molecule has 1 saturated heterocycles. The van der Waals surface area contributed by atoms with Gasteiger partial charge in [-0.25, -0.2) is 10.3 Å². The molecule has 1 aliphatic rings. The Balaban J connectivity index is 2.55. The van der Waals surface area contributed by atoms with Crippen LogP contribution in [0.4, 0.5) is 4.79 Å². The number of amides is 3. The van der Waals surface area contributed by atoms with Crippen LogP contribution < -0.4 is 16.3 Å². The third-order valence-electron chi connectivity index (χ3n) is 3.66. The summed E-state index contributed by atoms with van der Waals surface area (Å²) < 4.78 is 33.3. The number of hydrogen-bond donors (Lipinski definition) is 4. The Labute approximate surface area is 140 Å². The third kappa shape index (κ3) is 6.97. The lowest BCUT2D eigenvalue weighted by atomic mass is 10.0. The highest BCUT2D eigenvalue weighted by molar-refractivity contribution is 7.80. The lowest BCUT2D eigenvalue weighted by Gasteiger charge is -2.33. The number of piperidine rings is 1. The largest absolute Gasteiger partial charge is 0.418 e. The summed E-state index contributed by atoms with van der Waals surface area (Å²) in [4.78, 5) is 30.4. The Kier molecular flexibility index (Phi) is 8.35. The number of likely N-dealkylation sites (tertiary alicyclic amines) is 1. The number of rotatable bonds is 8. The molecule has 1 aliphatic heterocycles. The summed E-state index contributed by atoms with van der Waals surface area (Å²) in [6.07, 6.45) is 2.60.